The smallest absolute Gasteiger partial charge is 0.336 e. The number of Topliss-reactive ketones (excluding diaryl/α,β-unsaturated/α-hetero) is 1. The number of rotatable bonds is 3. The highest BCUT2D eigenvalue weighted by molar-refractivity contribution is 5.90. The van der Waals surface area contributed by atoms with Crippen molar-refractivity contribution in [3.8, 4) is 0 Å². The molecule has 11 atom stereocenters. The third-order valence-electron chi connectivity index (χ3n) is 11.9. The van der Waals surface area contributed by atoms with Crippen LogP contribution in [0.15, 0.2) is 11.1 Å². The molecule has 34 heavy (non-hydrogen) atoms. The predicted octanol–water partition coefficient (Wildman–Crippen LogP) is 3.58. The van der Waals surface area contributed by atoms with Gasteiger partial charge in [0, 0.05) is 12.8 Å². The van der Waals surface area contributed by atoms with Gasteiger partial charge in [-0.15, -0.1) is 0 Å². The van der Waals surface area contributed by atoms with Crippen molar-refractivity contribution in [3.63, 3.8) is 0 Å². The van der Waals surface area contributed by atoms with Crippen molar-refractivity contribution < 1.29 is 29.3 Å². The van der Waals surface area contributed by atoms with Crippen LogP contribution in [0.1, 0.15) is 79.1 Å². The lowest BCUT2D eigenvalue weighted by Gasteiger charge is -2.59. The first kappa shape index (κ1) is 23.2. The molecule has 0 unspecified atom stereocenters. The zero-order valence-corrected chi connectivity index (χ0v) is 21.0. The van der Waals surface area contributed by atoms with Gasteiger partial charge in [-0.2, -0.15) is 0 Å². The Labute approximate surface area is 202 Å². The minimum atomic E-state index is -0.632. The third-order valence-corrected chi connectivity index (χ3v) is 11.9. The van der Waals surface area contributed by atoms with Crippen LogP contribution >= 0.6 is 0 Å². The molecular weight excluding hydrogens is 432 g/mol. The van der Waals surface area contributed by atoms with E-state index in [0.717, 1.165) is 37.7 Å². The van der Waals surface area contributed by atoms with Gasteiger partial charge >= 0.3 is 5.97 Å². The second kappa shape index (κ2) is 7.39. The summed E-state index contributed by atoms with van der Waals surface area (Å²) in [6.07, 6.45) is 6.38. The number of hydrogen-bond acceptors (Lipinski definition) is 6. The summed E-state index contributed by atoms with van der Waals surface area (Å²) in [5, 5.41) is 20.4. The van der Waals surface area contributed by atoms with Gasteiger partial charge in [0.15, 0.2) is 0 Å². The molecule has 2 aliphatic heterocycles. The molecule has 6 aliphatic rings. The van der Waals surface area contributed by atoms with E-state index < -0.39 is 17.1 Å². The van der Waals surface area contributed by atoms with Gasteiger partial charge in [0.25, 0.3) is 0 Å². The molecule has 0 bridgehead atoms. The molecule has 6 rings (SSSR count). The number of carbonyl (C=O) groups excluding carboxylic acids is 2. The summed E-state index contributed by atoms with van der Waals surface area (Å²) in [4.78, 5) is 25.9. The SMILES string of the molecule is CC1=C(CO)C(=O)O[C@@H]([C@@H](C)[C@H]2CC[C@H]3[C@@H]4C[C@H]5O[C@@]56[C@@H](O)CCC(=O)[C@]6(C)[C@H]4CC[C@]23C)C1. The molecule has 0 aromatic rings. The lowest BCUT2D eigenvalue weighted by molar-refractivity contribution is -0.166. The highest BCUT2D eigenvalue weighted by Gasteiger charge is 2.80. The molecular formula is C28H40O6. The fraction of sp³-hybridized carbons (Fsp3) is 0.857. The summed E-state index contributed by atoms with van der Waals surface area (Å²) >= 11 is 0. The van der Waals surface area contributed by atoms with Crippen molar-refractivity contribution in [3.05, 3.63) is 11.1 Å². The first-order valence-electron chi connectivity index (χ1n) is 13.5. The van der Waals surface area contributed by atoms with Crippen LogP contribution in [0.2, 0.25) is 0 Å². The molecule has 5 fully saturated rings. The van der Waals surface area contributed by atoms with E-state index in [1.165, 1.54) is 0 Å². The lowest BCUT2D eigenvalue weighted by Crippen LogP contribution is -2.64. The average Bonchev–Trinajstić information content (AvgIpc) is 3.43. The number of cyclic esters (lactones) is 1. The van der Waals surface area contributed by atoms with E-state index in [9.17, 15) is 19.8 Å². The van der Waals surface area contributed by atoms with Crippen LogP contribution in [0.3, 0.4) is 0 Å². The van der Waals surface area contributed by atoms with Crippen LogP contribution in [0.25, 0.3) is 0 Å². The van der Waals surface area contributed by atoms with Gasteiger partial charge < -0.3 is 19.7 Å². The van der Waals surface area contributed by atoms with Crippen molar-refractivity contribution in [1.82, 2.24) is 0 Å². The third kappa shape index (κ3) is 2.68. The minimum Gasteiger partial charge on any atom is -0.458 e. The normalized spacial score (nSPS) is 52.8. The first-order valence-corrected chi connectivity index (χ1v) is 13.5. The molecule has 1 spiro atoms. The highest BCUT2D eigenvalue weighted by atomic mass is 16.6. The summed E-state index contributed by atoms with van der Waals surface area (Å²) in [6.45, 7) is 8.49. The van der Waals surface area contributed by atoms with Crippen LogP contribution in [0, 0.1) is 40.4 Å². The summed E-state index contributed by atoms with van der Waals surface area (Å²) in [5.41, 5.74) is 0.333. The zero-order valence-electron chi connectivity index (χ0n) is 21.0. The second-order valence-electron chi connectivity index (χ2n) is 12.8. The fourth-order valence-corrected chi connectivity index (χ4v) is 10.1. The number of esters is 1. The van der Waals surface area contributed by atoms with E-state index >= 15 is 0 Å². The number of hydrogen-bond donors (Lipinski definition) is 2. The molecule has 0 aromatic heterocycles. The highest BCUT2D eigenvalue weighted by Crippen LogP contribution is 2.73. The maximum absolute atomic E-state index is 13.4. The van der Waals surface area contributed by atoms with E-state index in [-0.39, 0.29) is 42.0 Å². The van der Waals surface area contributed by atoms with Gasteiger partial charge in [-0.25, -0.2) is 4.79 Å². The zero-order chi connectivity index (χ0) is 24.2. The molecule has 6 heteroatoms. The van der Waals surface area contributed by atoms with Gasteiger partial charge in [-0.05, 0) is 87.4 Å². The Morgan fingerprint density at radius 2 is 1.88 bits per heavy atom. The Morgan fingerprint density at radius 1 is 1.12 bits per heavy atom. The molecule has 2 N–H and O–H groups in total. The first-order chi connectivity index (χ1) is 16.1. The molecule has 0 radical (unpaired) electrons. The van der Waals surface area contributed by atoms with Gasteiger partial charge in [0.1, 0.15) is 17.5 Å². The van der Waals surface area contributed by atoms with E-state index in [1.54, 1.807) is 0 Å². The van der Waals surface area contributed by atoms with Crippen molar-refractivity contribution >= 4 is 11.8 Å². The van der Waals surface area contributed by atoms with Gasteiger partial charge in [0.05, 0.1) is 29.8 Å². The summed E-state index contributed by atoms with van der Waals surface area (Å²) < 4.78 is 12.1. The van der Waals surface area contributed by atoms with Gasteiger partial charge in [0.2, 0.25) is 0 Å². The maximum atomic E-state index is 13.4. The van der Waals surface area contributed by atoms with Crippen molar-refractivity contribution in [1.29, 1.82) is 0 Å². The molecule has 6 nitrogen and oxygen atoms in total. The van der Waals surface area contributed by atoms with Gasteiger partial charge in [-0.3, -0.25) is 4.79 Å². The topological polar surface area (TPSA) is 96.4 Å². The average molecular weight is 473 g/mol. The van der Waals surface area contributed by atoms with E-state index in [1.807, 2.05) is 6.92 Å². The number of fused-ring (bicyclic) bond motifs is 4. The largest absolute Gasteiger partial charge is 0.458 e. The molecule has 188 valence electrons. The van der Waals surface area contributed by atoms with Crippen LogP contribution in [0.5, 0.6) is 0 Å². The number of epoxide rings is 1. The quantitative estimate of drug-likeness (QED) is 0.482. The second-order valence-corrected chi connectivity index (χ2v) is 12.8. The van der Waals surface area contributed by atoms with E-state index in [2.05, 4.69) is 20.8 Å². The summed E-state index contributed by atoms with van der Waals surface area (Å²) in [7, 11) is 0. The Kier molecular flexibility index (Phi) is 5.04. The standard InChI is InChI=1S/C28H40O6/c1-14-11-21(33-25(32)17(14)13-29)15(2)18-5-6-19-16-12-24-28(34-24)23(31)8-7-22(30)27(28,4)20(16)9-10-26(18,19)3/h15-16,18-21,23-24,29,31H,5-13H2,1-4H3/t15-,16-,18+,19-,20-,21+,23-,24+,26+,27-,28-/m0/s1. The van der Waals surface area contributed by atoms with Crippen molar-refractivity contribution in [2.75, 3.05) is 6.61 Å². The molecule has 0 amide bonds. The summed E-state index contributed by atoms with van der Waals surface area (Å²) in [5.74, 6) is 1.93. The number of aliphatic hydroxyl groups excluding tert-OH is 2. The van der Waals surface area contributed by atoms with E-state index in [4.69, 9.17) is 9.47 Å². The number of ketones is 1. The maximum Gasteiger partial charge on any atom is 0.336 e. The van der Waals surface area contributed by atoms with Crippen LogP contribution in [-0.4, -0.2) is 52.5 Å². The molecule has 2 heterocycles. The van der Waals surface area contributed by atoms with Crippen molar-refractivity contribution in [2.24, 2.45) is 40.4 Å². The van der Waals surface area contributed by atoms with E-state index in [0.29, 0.717) is 48.4 Å². The molecule has 0 aromatic carbocycles. The van der Waals surface area contributed by atoms with Crippen LogP contribution < -0.4 is 0 Å². The Morgan fingerprint density at radius 3 is 2.59 bits per heavy atom. The minimum absolute atomic E-state index is 0.0146. The Hall–Kier alpha value is -1.24. The number of carbonyl (C=O) groups is 2. The fourth-order valence-electron chi connectivity index (χ4n) is 10.1. The molecule has 4 saturated carbocycles. The van der Waals surface area contributed by atoms with Crippen molar-refractivity contribution in [2.45, 2.75) is 103 Å². The summed E-state index contributed by atoms with van der Waals surface area (Å²) in [6, 6.07) is 0. The van der Waals surface area contributed by atoms with Crippen LogP contribution in [0.4, 0.5) is 0 Å². The number of aliphatic hydroxyl groups is 2. The number of ether oxygens (including phenoxy) is 2. The Balaban J connectivity index is 1.26. The van der Waals surface area contributed by atoms with Crippen LogP contribution in [-0.2, 0) is 19.1 Å². The monoisotopic (exact) mass is 472 g/mol. The predicted molar refractivity (Wildman–Crippen MR) is 125 cm³/mol. The Bertz CT molecular complexity index is 957. The molecule has 1 saturated heterocycles. The lowest BCUT2D eigenvalue weighted by atomic mass is 9.43. The van der Waals surface area contributed by atoms with Gasteiger partial charge in [-0.1, -0.05) is 19.4 Å². The molecule has 4 aliphatic carbocycles.